The van der Waals surface area contributed by atoms with E-state index in [1.807, 2.05) is 0 Å². The predicted molar refractivity (Wildman–Crippen MR) is 76.0 cm³/mol. The molecule has 0 spiro atoms. The summed E-state index contributed by atoms with van der Waals surface area (Å²) in [4.78, 5) is 0. The fourth-order valence-corrected chi connectivity index (χ4v) is 4.77. The van der Waals surface area contributed by atoms with Crippen molar-refractivity contribution in [3.63, 3.8) is 0 Å². The zero-order valence-corrected chi connectivity index (χ0v) is 13.2. The number of thiophene rings is 1. The normalized spacial score (nSPS) is 13.6. The number of hydrogen-bond donors (Lipinski definition) is 3. The van der Waals surface area contributed by atoms with Gasteiger partial charge in [-0.25, -0.2) is 26.3 Å². The van der Waals surface area contributed by atoms with Crippen LogP contribution in [0.1, 0.15) is 13.8 Å². The molecule has 1 rings (SSSR count). The smallest absolute Gasteiger partial charge is 0.250 e. The number of rotatable bonds is 6. The molecule has 1 aromatic heterocycles. The van der Waals surface area contributed by atoms with Gasteiger partial charge in [0.1, 0.15) is 4.21 Å². The molecule has 1 heterocycles. The Morgan fingerprint density at radius 3 is 2.32 bits per heavy atom. The zero-order chi connectivity index (χ0) is 14.9. The summed E-state index contributed by atoms with van der Waals surface area (Å²) in [6.45, 7) is 3.10. The molecule has 0 saturated heterocycles. The lowest BCUT2D eigenvalue weighted by molar-refractivity contribution is 0.446. The molecule has 1 aromatic rings. The van der Waals surface area contributed by atoms with Crippen molar-refractivity contribution in [3.8, 4) is 0 Å². The van der Waals surface area contributed by atoms with Crippen molar-refractivity contribution in [3.05, 3.63) is 11.4 Å². The molecule has 0 amide bonds. The van der Waals surface area contributed by atoms with E-state index in [2.05, 4.69) is 9.44 Å². The van der Waals surface area contributed by atoms with Crippen LogP contribution in [0, 0.1) is 0 Å². The molecule has 110 valence electrons. The molecule has 0 bridgehead atoms. The maximum Gasteiger partial charge on any atom is 0.250 e. The Labute approximate surface area is 117 Å². The minimum atomic E-state index is -3.67. The van der Waals surface area contributed by atoms with E-state index in [9.17, 15) is 16.8 Å². The van der Waals surface area contributed by atoms with E-state index in [0.29, 0.717) is 5.69 Å². The average Bonchev–Trinajstić information content (AvgIpc) is 2.59. The second kappa shape index (κ2) is 5.37. The van der Waals surface area contributed by atoms with Crippen molar-refractivity contribution in [1.82, 2.24) is 9.44 Å². The first kappa shape index (κ1) is 16.4. The van der Waals surface area contributed by atoms with Crippen molar-refractivity contribution in [1.29, 1.82) is 0 Å². The predicted octanol–water partition coefficient (Wildman–Crippen LogP) is -0.0636. The van der Waals surface area contributed by atoms with Crippen LogP contribution < -0.4 is 15.2 Å². The van der Waals surface area contributed by atoms with Crippen LogP contribution in [0.4, 0.5) is 5.69 Å². The second-order valence-electron chi connectivity index (χ2n) is 4.78. The minimum absolute atomic E-state index is 0.0692. The van der Waals surface area contributed by atoms with E-state index in [-0.39, 0.29) is 10.8 Å². The second-order valence-corrected chi connectivity index (χ2v) is 9.44. The van der Waals surface area contributed by atoms with Gasteiger partial charge in [0.25, 0.3) is 0 Å². The third-order valence-corrected chi connectivity index (χ3v) is 5.81. The Hall–Kier alpha value is -0.680. The fourth-order valence-electron chi connectivity index (χ4n) is 1.36. The van der Waals surface area contributed by atoms with E-state index in [0.717, 1.165) is 17.6 Å². The Morgan fingerprint density at radius 1 is 1.32 bits per heavy atom. The van der Waals surface area contributed by atoms with Gasteiger partial charge < -0.3 is 5.73 Å². The van der Waals surface area contributed by atoms with Crippen LogP contribution in [0.2, 0.25) is 0 Å². The van der Waals surface area contributed by atoms with Crippen molar-refractivity contribution in [2.24, 2.45) is 0 Å². The van der Waals surface area contributed by atoms with E-state index < -0.39 is 25.6 Å². The molecule has 0 aliphatic carbocycles. The number of hydrogen-bond acceptors (Lipinski definition) is 6. The first-order valence-corrected chi connectivity index (χ1v) is 9.49. The molecule has 10 heteroatoms. The summed E-state index contributed by atoms with van der Waals surface area (Å²) in [6.07, 6.45) is 1.02. The van der Waals surface area contributed by atoms with Gasteiger partial charge in [-0.1, -0.05) is 0 Å². The Kier molecular flexibility index (Phi) is 4.62. The fraction of sp³-hybridized carbons (Fsp3) is 0.556. The van der Waals surface area contributed by atoms with Crippen LogP contribution in [-0.4, -0.2) is 35.2 Å². The summed E-state index contributed by atoms with van der Waals surface area (Å²) in [5.74, 6) is 0. The molecule has 0 aliphatic rings. The third kappa shape index (κ3) is 5.45. The molecule has 0 unspecified atom stereocenters. The first-order chi connectivity index (χ1) is 8.41. The maximum atomic E-state index is 11.9. The van der Waals surface area contributed by atoms with Gasteiger partial charge in [-0.15, -0.1) is 11.3 Å². The van der Waals surface area contributed by atoms with Gasteiger partial charge in [-0.3, -0.25) is 0 Å². The highest BCUT2D eigenvalue weighted by atomic mass is 32.2. The summed E-state index contributed by atoms with van der Waals surface area (Å²) < 4.78 is 50.9. The molecule has 0 fully saturated rings. The largest absolute Gasteiger partial charge is 0.398 e. The number of nitrogens with two attached hydrogens (primary N) is 1. The van der Waals surface area contributed by atoms with Gasteiger partial charge in [0.15, 0.2) is 0 Å². The molecule has 0 aliphatic heterocycles. The molecule has 0 atom stereocenters. The van der Waals surface area contributed by atoms with E-state index in [1.54, 1.807) is 13.8 Å². The lowest BCUT2D eigenvalue weighted by atomic mass is 10.1. The third-order valence-electron chi connectivity index (χ3n) is 2.03. The molecule has 0 saturated carbocycles. The number of nitrogens with one attached hydrogen (secondary N) is 2. The van der Waals surface area contributed by atoms with E-state index in [4.69, 9.17) is 5.73 Å². The highest BCUT2D eigenvalue weighted by Gasteiger charge is 2.25. The molecule has 19 heavy (non-hydrogen) atoms. The summed E-state index contributed by atoms with van der Waals surface area (Å²) in [5.41, 5.74) is 4.91. The Balaban J connectivity index is 2.76. The Bertz CT molecular complexity index is 646. The van der Waals surface area contributed by atoms with Gasteiger partial charge in [0.05, 0.1) is 6.26 Å². The van der Waals surface area contributed by atoms with Crippen LogP contribution in [0.15, 0.2) is 15.7 Å². The number of nitrogen functional groups attached to an aromatic ring is 1. The van der Waals surface area contributed by atoms with Gasteiger partial charge in [-0.05, 0) is 19.9 Å². The van der Waals surface area contributed by atoms with Crippen LogP contribution >= 0.6 is 11.3 Å². The maximum absolute atomic E-state index is 11.9. The van der Waals surface area contributed by atoms with Crippen molar-refractivity contribution < 1.29 is 16.8 Å². The monoisotopic (exact) mass is 327 g/mol. The van der Waals surface area contributed by atoms with Gasteiger partial charge >= 0.3 is 0 Å². The van der Waals surface area contributed by atoms with Crippen LogP contribution in [0.5, 0.6) is 0 Å². The average molecular weight is 327 g/mol. The molecule has 0 aromatic carbocycles. The summed E-state index contributed by atoms with van der Waals surface area (Å²) >= 11 is 1.01. The van der Waals surface area contributed by atoms with Gasteiger partial charge in [-0.2, -0.15) is 0 Å². The number of anilines is 1. The zero-order valence-electron chi connectivity index (χ0n) is 10.8. The summed E-state index contributed by atoms with van der Waals surface area (Å²) in [7, 11) is -7.09. The quantitative estimate of drug-likeness (QED) is 0.676. The van der Waals surface area contributed by atoms with Gasteiger partial charge in [0.2, 0.25) is 20.0 Å². The molecular weight excluding hydrogens is 310 g/mol. The summed E-state index contributed by atoms with van der Waals surface area (Å²) in [5, 5.41) is 1.52. The van der Waals surface area contributed by atoms with Crippen molar-refractivity contribution in [2.75, 3.05) is 18.5 Å². The van der Waals surface area contributed by atoms with Crippen LogP contribution in [-0.2, 0) is 20.0 Å². The first-order valence-electron chi connectivity index (χ1n) is 5.24. The van der Waals surface area contributed by atoms with Crippen molar-refractivity contribution >= 4 is 37.1 Å². The van der Waals surface area contributed by atoms with Crippen LogP contribution in [0.3, 0.4) is 0 Å². The van der Waals surface area contributed by atoms with E-state index in [1.165, 1.54) is 11.4 Å². The highest BCUT2D eigenvalue weighted by Crippen LogP contribution is 2.21. The summed E-state index contributed by atoms with van der Waals surface area (Å²) in [6, 6.07) is 1.35. The minimum Gasteiger partial charge on any atom is -0.398 e. The van der Waals surface area contributed by atoms with Crippen molar-refractivity contribution in [2.45, 2.75) is 23.6 Å². The SMILES string of the molecule is CC(C)(CNS(=O)(=O)c1cc(N)cs1)NS(C)(=O)=O. The molecule has 0 radical (unpaired) electrons. The topological polar surface area (TPSA) is 118 Å². The highest BCUT2D eigenvalue weighted by molar-refractivity contribution is 7.91. The molecule has 4 N–H and O–H groups in total. The Morgan fingerprint density at radius 2 is 1.89 bits per heavy atom. The number of sulfonamides is 2. The molecule has 7 nitrogen and oxygen atoms in total. The lowest BCUT2D eigenvalue weighted by Gasteiger charge is -2.24. The van der Waals surface area contributed by atoms with Gasteiger partial charge in [0, 0.05) is 23.2 Å². The molecular formula is C9H17N3O4S3. The van der Waals surface area contributed by atoms with E-state index >= 15 is 0 Å². The lowest BCUT2D eigenvalue weighted by Crippen LogP contribution is -2.50. The van der Waals surface area contributed by atoms with Crippen LogP contribution in [0.25, 0.3) is 0 Å². The standard InChI is InChI=1S/C9H17N3O4S3/c1-9(2,12-18(3,13)14)6-11-19(15,16)8-4-7(10)5-17-8/h4-5,11-12H,6,10H2,1-3H3.